The number of benzene rings is 1. The van der Waals surface area contributed by atoms with Gasteiger partial charge >= 0.3 is 6.03 Å². The molecule has 1 fully saturated rings. The Hall–Kier alpha value is -3.30. The van der Waals surface area contributed by atoms with Crippen LogP contribution in [0.3, 0.4) is 0 Å². The van der Waals surface area contributed by atoms with Crippen LogP contribution in [0.1, 0.15) is 45.0 Å². The summed E-state index contributed by atoms with van der Waals surface area (Å²) >= 11 is 0. The summed E-state index contributed by atoms with van der Waals surface area (Å²) in [6.07, 6.45) is 0. The van der Waals surface area contributed by atoms with Crippen LogP contribution >= 0.6 is 0 Å². The lowest BCUT2D eigenvalue weighted by Crippen LogP contribution is -2.40. The molecule has 3 amide bonds. The van der Waals surface area contributed by atoms with Crippen molar-refractivity contribution in [3.05, 3.63) is 51.7 Å². The topological polar surface area (TPSA) is 131 Å². The number of nitro benzene ring substituents is 1. The zero-order chi connectivity index (χ0) is 20.0. The van der Waals surface area contributed by atoms with E-state index in [2.05, 4.69) is 15.5 Å². The Kier molecular flexibility index (Phi) is 4.21. The molecular formula is C17H19N5O5. The Morgan fingerprint density at radius 2 is 2.04 bits per heavy atom. The summed E-state index contributed by atoms with van der Waals surface area (Å²) in [6, 6.07) is 4.99. The number of hydrogen-bond acceptors (Lipinski definition) is 7. The van der Waals surface area contributed by atoms with Crippen LogP contribution < -0.4 is 5.32 Å². The number of rotatable bonds is 4. The Balaban J connectivity index is 1.87. The SMILES string of the molecule is CC(C)(C)c1nc(CN2C(=O)NC(C)(c3cccc([N+](=O)[O-])c3)C2=O)no1. The van der Waals surface area contributed by atoms with E-state index in [1.165, 1.54) is 25.1 Å². The van der Waals surface area contributed by atoms with Crippen LogP contribution in [-0.2, 0) is 22.3 Å². The normalized spacial score (nSPS) is 20.1. The lowest BCUT2D eigenvalue weighted by atomic mass is 9.91. The second kappa shape index (κ2) is 6.15. The maximum absolute atomic E-state index is 12.9. The molecule has 0 bridgehead atoms. The van der Waals surface area contributed by atoms with Gasteiger partial charge in [-0.25, -0.2) is 4.79 Å². The minimum atomic E-state index is -1.42. The molecule has 1 saturated heterocycles. The summed E-state index contributed by atoms with van der Waals surface area (Å²) in [4.78, 5) is 40.9. The van der Waals surface area contributed by atoms with Crippen molar-refractivity contribution >= 4 is 17.6 Å². The second-order valence-electron chi connectivity index (χ2n) is 7.52. The summed E-state index contributed by atoms with van der Waals surface area (Å²) < 4.78 is 5.18. The Morgan fingerprint density at radius 1 is 1.33 bits per heavy atom. The summed E-state index contributed by atoms with van der Waals surface area (Å²) in [5.41, 5.74) is -1.62. The van der Waals surface area contributed by atoms with Crippen molar-refractivity contribution in [2.75, 3.05) is 0 Å². The molecule has 2 heterocycles. The van der Waals surface area contributed by atoms with E-state index in [1.54, 1.807) is 6.07 Å². The highest BCUT2D eigenvalue weighted by atomic mass is 16.6. The van der Waals surface area contributed by atoms with E-state index in [0.29, 0.717) is 11.5 Å². The average Bonchev–Trinajstić information content (AvgIpc) is 3.15. The third kappa shape index (κ3) is 3.25. The monoisotopic (exact) mass is 373 g/mol. The van der Waals surface area contributed by atoms with Gasteiger partial charge in [0.25, 0.3) is 11.6 Å². The zero-order valence-corrected chi connectivity index (χ0v) is 15.3. The van der Waals surface area contributed by atoms with Crippen molar-refractivity contribution in [3.8, 4) is 0 Å². The highest BCUT2D eigenvalue weighted by molar-refractivity contribution is 6.07. The summed E-state index contributed by atoms with van der Waals surface area (Å²) in [6.45, 7) is 7.05. The summed E-state index contributed by atoms with van der Waals surface area (Å²) in [5.74, 6) is 0.0489. The minimum Gasteiger partial charge on any atom is -0.339 e. The number of carbonyl (C=O) groups is 2. The molecule has 0 spiro atoms. The number of nitro groups is 1. The van der Waals surface area contributed by atoms with Gasteiger partial charge < -0.3 is 9.84 Å². The maximum Gasteiger partial charge on any atom is 0.325 e. The molecule has 1 aliphatic heterocycles. The van der Waals surface area contributed by atoms with Gasteiger partial charge in [-0.1, -0.05) is 38.1 Å². The summed E-state index contributed by atoms with van der Waals surface area (Å²) in [5, 5.41) is 17.4. The molecule has 0 saturated carbocycles. The molecule has 27 heavy (non-hydrogen) atoms. The third-order valence-corrected chi connectivity index (χ3v) is 4.32. The molecule has 1 aromatic heterocycles. The number of imide groups is 1. The lowest BCUT2D eigenvalue weighted by Gasteiger charge is -2.21. The van der Waals surface area contributed by atoms with E-state index < -0.39 is 22.4 Å². The molecule has 1 aromatic carbocycles. The lowest BCUT2D eigenvalue weighted by molar-refractivity contribution is -0.385. The fourth-order valence-electron chi connectivity index (χ4n) is 2.73. The number of nitrogens with zero attached hydrogens (tertiary/aromatic N) is 4. The van der Waals surface area contributed by atoms with Crippen molar-refractivity contribution in [3.63, 3.8) is 0 Å². The minimum absolute atomic E-state index is 0.158. The van der Waals surface area contributed by atoms with Gasteiger partial charge in [0.15, 0.2) is 5.82 Å². The summed E-state index contributed by atoms with van der Waals surface area (Å²) in [7, 11) is 0. The highest BCUT2D eigenvalue weighted by Gasteiger charge is 2.49. The molecule has 3 rings (SSSR count). The number of amides is 3. The fraction of sp³-hybridized carbons (Fsp3) is 0.412. The van der Waals surface area contributed by atoms with Crippen LogP contribution in [0, 0.1) is 10.1 Å². The first-order valence-corrected chi connectivity index (χ1v) is 8.24. The van der Waals surface area contributed by atoms with Crippen LogP contribution in [-0.4, -0.2) is 31.9 Å². The van der Waals surface area contributed by atoms with E-state index in [9.17, 15) is 19.7 Å². The van der Waals surface area contributed by atoms with Gasteiger partial charge in [-0.3, -0.25) is 19.8 Å². The number of non-ortho nitro benzene ring substituents is 1. The number of aromatic nitrogens is 2. The molecule has 1 atom stereocenters. The Labute approximate surface area is 154 Å². The molecule has 10 heteroatoms. The molecule has 1 aliphatic rings. The number of urea groups is 1. The smallest absolute Gasteiger partial charge is 0.325 e. The second-order valence-corrected chi connectivity index (χ2v) is 7.52. The average molecular weight is 373 g/mol. The van der Waals surface area contributed by atoms with Crippen LogP contribution in [0.5, 0.6) is 0 Å². The van der Waals surface area contributed by atoms with Crippen molar-refractivity contribution < 1.29 is 19.0 Å². The van der Waals surface area contributed by atoms with E-state index in [-0.39, 0.29) is 23.5 Å². The Bertz CT molecular complexity index is 932. The highest BCUT2D eigenvalue weighted by Crippen LogP contribution is 2.31. The molecule has 1 N–H and O–H groups in total. The van der Waals surface area contributed by atoms with Crippen LogP contribution in [0.2, 0.25) is 0 Å². The van der Waals surface area contributed by atoms with Crippen LogP contribution in [0.4, 0.5) is 10.5 Å². The van der Waals surface area contributed by atoms with E-state index >= 15 is 0 Å². The van der Waals surface area contributed by atoms with Crippen molar-refractivity contribution in [2.24, 2.45) is 0 Å². The number of hydrogen-bond donors (Lipinski definition) is 1. The van der Waals surface area contributed by atoms with Crippen LogP contribution in [0.25, 0.3) is 0 Å². The van der Waals surface area contributed by atoms with Crippen LogP contribution in [0.15, 0.2) is 28.8 Å². The third-order valence-electron chi connectivity index (χ3n) is 4.32. The predicted molar refractivity (Wildman–Crippen MR) is 92.5 cm³/mol. The van der Waals surface area contributed by atoms with Gasteiger partial charge in [-0.2, -0.15) is 4.98 Å². The van der Waals surface area contributed by atoms with Gasteiger partial charge in [-0.05, 0) is 12.5 Å². The quantitative estimate of drug-likeness (QED) is 0.494. The van der Waals surface area contributed by atoms with Gasteiger partial charge in [0.1, 0.15) is 5.54 Å². The molecule has 142 valence electrons. The van der Waals surface area contributed by atoms with Crippen molar-refractivity contribution in [1.29, 1.82) is 0 Å². The van der Waals surface area contributed by atoms with Crippen molar-refractivity contribution in [2.45, 2.75) is 45.2 Å². The molecule has 1 unspecified atom stereocenters. The largest absolute Gasteiger partial charge is 0.339 e. The first kappa shape index (κ1) is 18.5. The van der Waals surface area contributed by atoms with Gasteiger partial charge in [-0.15, -0.1) is 0 Å². The first-order valence-electron chi connectivity index (χ1n) is 8.24. The van der Waals surface area contributed by atoms with Gasteiger partial charge in [0.05, 0.1) is 11.5 Å². The van der Waals surface area contributed by atoms with Gasteiger partial charge in [0.2, 0.25) is 5.89 Å². The first-order chi connectivity index (χ1) is 12.5. The fourth-order valence-corrected chi connectivity index (χ4v) is 2.73. The zero-order valence-electron chi connectivity index (χ0n) is 15.3. The van der Waals surface area contributed by atoms with E-state index in [4.69, 9.17) is 4.52 Å². The van der Waals surface area contributed by atoms with Crippen molar-refractivity contribution in [1.82, 2.24) is 20.4 Å². The Morgan fingerprint density at radius 3 is 2.63 bits per heavy atom. The molecule has 2 aromatic rings. The van der Waals surface area contributed by atoms with Gasteiger partial charge in [0, 0.05) is 17.5 Å². The maximum atomic E-state index is 12.9. The number of nitrogens with one attached hydrogen (secondary N) is 1. The van der Waals surface area contributed by atoms with E-state index in [0.717, 1.165) is 4.90 Å². The van der Waals surface area contributed by atoms with E-state index in [1.807, 2.05) is 20.8 Å². The molecular weight excluding hydrogens is 354 g/mol. The molecule has 0 radical (unpaired) electrons. The molecule has 10 nitrogen and oxygen atoms in total. The number of carbonyl (C=O) groups excluding carboxylic acids is 2. The standard InChI is InChI=1S/C17H19N5O5/c1-16(2,3)13-18-12(20-27-13)9-21-14(23)17(4,19-15(21)24)10-6-5-7-11(8-10)22(25)26/h5-8H,9H2,1-4H3,(H,19,24). The predicted octanol–water partition coefficient (Wildman–Crippen LogP) is 2.24. The molecule has 0 aliphatic carbocycles.